The molecule has 2 rings (SSSR count). The van der Waals surface area contributed by atoms with Crippen molar-refractivity contribution in [2.45, 2.75) is 12.6 Å². The number of hydrogen-bond acceptors (Lipinski definition) is 2. The van der Waals surface area contributed by atoms with Gasteiger partial charge in [-0.2, -0.15) is 0 Å². The summed E-state index contributed by atoms with van der Waals surface area (Å²) in [5.41, 5.74) is 3.36. The third kappa shape index (κ3) is 1.20. The van der Waals surface area contributed by atoms with E-state index < -0.39 is 6.23 Å². The summed E-state index contributed by atoms with van der Waals surface area (Å²) in [6, 6.07) is 7.53. The molecule has 0 spiro atoms. The Morgan fingerprint density at radius 3 is 3.18 bits per heavy atom. The fourth-order valence-electron chi connectivity index (χ4n) is 1.14. The van der Waals surface area contributed by atoms with E-state index in [1.54, 1.807) is 0 Å². The van der Waals surface area contributed by atoms with Crippen molar-refractivity contribution in [1.29, 1.82) is 0 Å². The van der Waals surface area contributed by atoms with Gasteiger partial charge in [-0.05, 0) is 6.07 Å². The van der Waals surface area contributed by atoms with Gasteiger partial charge in [0.2, 0.25) is 0 Å². The molecule has 1 N–H and O–H groups in total. The first-order chi connectivity index (χ1) is 5.36. The smallest absolute Gasteiger partial charge is 0.179 e. The zero-order valence-corrected chi connectivity index (χ0v) is 5.91. The van der Waals surface area contributed by atoms with E-state index in [1.807, 2.05) is 24.3 Å². The van der Waals surface area contributed by atoms with E-state index in [0.29, 0.717) is 6.42 Å². The van der Waals surface area contributed by atoms with E-state index in [4.69, 9.17) is 4.84 Å². The second kappa shape index (κ2) is 2.53. The minimum absolute atomic E-state index is 0.496. The minimum atomic E-state index is -0.829. The highest BCUT2D eigenvalue weighted by molar-refractivity contribution is 5.34. The van der Waals surface area contributed by atoms with Gasteiger partial charge in [-0.15, -0.1) is 5.48 Å². The molecule has 1 aliphatic rings. The molecule has 0 saturated heterocycles. The molecule has 0 fully saturated rings. The summed E-state index contributed by atoms with van der Waals surface area (Å²) in [6.07, 6.45) is -0.333. The van der Waals surface area contributed by atoms with Gasteiger partial charge in [-0.3, -0.25) is 0 Å². The Labute approximate surface area is 64.6 Å². The van der Waals surface area contributed by atoms with Crippen LogP contribution in [-0.2, 0) is 11.5 Å². The van der Waals surface area contributed by atoms with Crippen molar-refractivity contribution in [3.8, 4) is 5.75 Å². The first kappa shape index (κ1) is 6.64. The van der Waals surface area contributed by atoms with E-state index in [-0.39, 0.29) is 0 Å². The van der Waals surface area contributed by atoms with Gasteiger partial charge in [0.1, 0.15) is 0 Å². The standard InChI is InChI=1S/C8H8NO2/c10-8-5-6-3-1-2-4-7(6)11-9-8/h1-4,8-9H,5H2. The number of benzene rings is 1. The van der Waals surface area contributed by atoms with E-state index in [9.17, 15) is 5.11 Å². The highest BCUT2D eigenvalue weighted by Crippen LogP contribution is 2.21. The van der Waals surface area contributed by atoms with E-state index in [2.05, 4.69) is 5.48 Å². The predicted molar refractivity (Wildman–Crippen MR) is 38.4 cm³/mol. The van der Waals surface area contributed by atoms with Crippen molar-refractivity contribution in [3.63, 3.8) is 0 Å². The molecule has 1 radical (unpaired) electrons. The third-order valence-corrected chi connectivity index (χ3v) is 1.68. The molecule has 57 valence electrons. The van der Waals surface area contributed by atoms with Crippen LogP contribution in [0.25, 0.3) is 0 Å². The molecule has 0 aliphatic carbocycles. The highest BCUT2D eigenvalue weighted by Gasteiger charge is 2.16. The maximum absolute atomic E-state index is 10.9. The van der Waals surface area contributed by atoms with E-state index in [0.717, 1.165) is 11.3 Å². The normalized spacial score (nSPS) is 22.1. The molecular weight excluding hydrogens is 142 g/mol. The predicted octanol–water partition coefficient (Wildman–Crippen LogP) is 0.883. The van der Waals surface area contributed by atoms with Crippen molar-refractivity contribution >= 4 is 0 Å². The van der Waals surface area contributed by atoms with E-state index in [1.165, 1.54) is 0 Å². The van der Waals surface area contributed by atoms with Gasteiger partial charge in [0.25, 0.3) is 0 Å². The lowest BCUT2D eigenvalue weighted by atomic mass is 10.1. The molecule has 1 aliphatic heterocycles. The van der Waals surface area contributed by atoms with Gasteiger partial charge in [-0.1, -0.05) is 18.2 Å². The van der Waals surface area contributed by atoms with Gasteiger partial charge >= 0.3 is 0 Å². The van der Waals surface area contributed by atoms with Gasteiger partial charge in [0, 0.05) is 12.0 Å². The van der Waals surface area contributed by atoms with Gasteiger partial charge < -0.3 is 4.84 Å². The molecule has 1 heterocycles. The van der Waals surface area contributed by atoms with Crippen LogP contribution in [0.5, 0.6) is 5.75 Å². The van der Waals surface area contributed by atoms with Crippen molar-refractivity contribution in [3.05, 3.63) is 29.8 Å². The maximum atomic E-state index is 10.9. The van der Waals surface area contributed by atoms with Crippen molar-refractivity contribution in [1.82, 2.24) is 5.48 Å². The molecule has 1 unspecified atom stereocenters. The van der Waals surface area contributed by atoms with Gasteiger partial charge in [0.15, 0.2) is 12.0 Å². The fraction of sp³-hybridized carbons (Fsp3) is 0.250. The molecular formula is C8H8NO2. The molecule has 0 saturated carbocycles. The zero-order chi connectivity index (χ0) is 7.68. The quantitative estimate of drug-likeness (QED) is 0.596. The number of hydroxylamine groups is 1. The SMILES string of the molecule is [O]C1Cc2ccccc2ON1. The van der Waals surface area contributed by atoms with Crippen LogP contribution in [0.1, 0.15) is 5.56 Å². The number of para-hydroxylation sites is 1. The number of fused-ring (bicyclic) bond motifs is 1. The highest BCUT2D eigenvalue weighted by atomic mass is 16.7. The average molecular weight is 150 g/mol. The monoisotopic (exact) mass is 150 g/mol. The molecule has 1 atom stereocenters. The molecule has 3 heteroatoms. The topological polar surface area (TPSA) is 41.2 Å². The molecule has 0 aromatic heterocycles. The molecule has 3 nitrogen and oxygen atoms in total. The fourth-order valence-corrected chi connectivity index (χ4v) is 1.14. The van der Waals surface area contributed by atoms with Crippen LogP contribution in [0.2, 0.25) is 0 Å². The van der Waals surface area contributed by atoms with Crippen molar-refractivity contribution < 1.29 is 9.94 Å². The van der Waals surface area contributed by atoms with E-state index >= 15 is 0 Å². The summed E-state index contributed by atoms with van der Waals surface area (Å²) < 4.78 is 0. The zero-order valence-electron chi connectivity index (χ0n) is 5.91. The summed E-state index contributed by atoms with van der Waals surface area (Å²) >= 11 is 0. The van der Waals surface area contributed by atoms with Crippen molar-refractivity contribution in [2.75, 3.05) is 0 Å². The Hall–Kier alpha value is -1.06. The summed E-state index contributed by atoms with van der Waals surface area (Å²) in [4.78, 5) is 4.97. The number of rotatable bonds is 0. The van der Waals surface area contributed by atoms with Gasteiger partial charge in [-0.25, -0.2) is 5.11 Å². The summed E-state index contributed by atoms with van der Waals surface area (Å²) in [5.74, 6) is 0.764. The summed E-state index contributed by atoms with van der Waals surface area (Å²) in [5, 5.41) is 10.9. The Morgan fingerprint density at radius 1 is 1.45 bits per heavy atom. The Balaban J connectivity index is 2.34. The molecule has 1 aromatic rings. The molecule has 0 amide bonds. The minimum Gasteiger partial charge on any atom is -0.406 e. The van der Waals surface area contributed by atoms with Crippen LogP contribution in [0.15, 0.2) is 24.3 Å². The first-order valence-corrected chi connectivity index (χ1v) is 3.52. The largest absolute Gasteiger partial charge is 0.406 e. The molecule has 11 heavy (non-hydrogen) atoms. The number of hydrogen-bond donors (Lipinski definition) is 1. The lowest BCUT2D eigenvalue weighted by Crippen LogP contribution is -2.36. The van der Waals surface area contributed by atoms with Crippen LogP contribution in [0.3, 0.4) is 0 Å². The molecule has 1 aromatic carbocycles. The first-order valence-electron chi connectivity index (χ1n) is 3.52. The Morgan fingerprint density at radius 2 is 2.27 bits per heavy atom. The second-order valence-corrected chi connectivity index (χ2v) is 2.52. The summed E-state index contributed by atoms with van der Waals surface area (Å²) in [7, 11) is 0. The maximum Gasteiger partial charge on any atom is 0.179 e. The third-order valence-electron chi connectivity index (χ3n) is 1.68. The Bertz CT molecular complexity index is 262. The average Bonchev–Trinajstić information content (AvgIpc) is 2.04. The van der Waals surface area contributed by atoms with Crippen LogP contribution >= 0.6 is 0 Å². The van der Waals surface area contributed by atoms with Crippen LogP contribution in [-0.4, -0.2) is 6.23 Å². The lowest BCUT2D eigenvalue weighted by Gasteiger charge is -2.19. The van der Waals surface area contributed by atoms with Crippen LogP contribution < -0.4 is 10.3 Å². The van der Waals surface area contributed by atoms with Crippen molar-refractivity contribution in [2.24, 2.45) is 0 Å². The molecule has 0 bridgehead atoms. The van der Waals surface area contributed by atoms with Crippen LogP contribution in [0, 0.1) is 0 Å². The lowest BCUT2D eigenvalue weighted by molar-refractivity contribution is -0.0385. The summed E-state index contributed by atoms with van der Waals surface area (Å²) in [6.45, 7) is 0. The number of nitrogens with one attached hydrogen (secondary N) is 1. The van der Waals surface area contributed by atoms with Gasteiger partial charge in [0.05, 0.1) is 0 Å². The second-order valence-electron chi connectivity index (χ2n) is 2.52. The van der Waals surface area contributed by atoms with Crippen LogP contribution in [0.4, 0.5) is 0 Å². The Kier molecular flexibility index (Phi) is 1.52.